The van der Waals surface area contributed by atoms with Gasteiger partial charge >= 0.3 is 0 Å². The third kappa shape index (κ3) is 18.7. The first kappa shape index (κ1) is 35.5. The van der Waals surface area contributed by atoms with E-state index in [1.165, 1.54) is 13.3 Å². The predicted octanol–water partition coefficient (Wildman–Crippen LogP) is 0.118. The van der Waals surface area contributed by atoms with Crippen molar-refractivity contribution in [1.82, 2.24) is 20.6 Å². The quantitative estimate of drug-likeness (QED) is 0.106. The van der Waals surface area contributed by atoms with Crippen LogP contribution >= 0.6 is 0 Å². The topological polar surface area (TPSA) is 184 Å². The Kier molecular flexibility index (Phi) is 20.6. The van der Waals surface area contributed by atoms with Crippen molar-refractivity contribution in [3.8, 4) is 0 Å². The van der Waals surface area contributed by atoms with Gasteiger partial charge in [-0.1, -0.05) is 0 Å². The molecule has 1 aromatic rings. The van der Waals surface area contributed by atoms with Crippen molar-refractivity contribution < 1.29 is 38.1 Å². The van der Waals surface area contributed by atoms with Crippen LogP contribution in [0.2, 0.25) is 0 Å². The Balaban J connectivity index is 1.99. The van der Waals surface area contributed by atoms with E-state index in [9.17, 15) is 19.2 Å². The molecule has 0 aliphatic heterocycles. The average molecular weight is 570 g/mol. The first-order valence-electron chi connectivity index (χ1n) is 13.9. The lowest BCUT2D eigenvalue weighted by atomic mass is 10.0. The number of nitrogens with two attached hydrogens (primary N) is 1. The standard InChI is InChI=1S/C27H47N5O8/c1-3-37-11-13-39-18-23(34)7-6-10-38-12-14-40-19-27(36)30-9-5-4-8-25(21(2)33)31-17-26(35)24(28)15-22-16-29-20-32-22/h16,20,24-25,31H,3-15,17-19,28H2,1-2H3,(H,29,32)(H,30,36)/t24-,25-/m0/s1. The van der Waals surface area contributed by atoms with E-state index < -0.39 is 12.1 Å². The highest BCUT2D eigenvalue weighted by Gasteiger charge is 2.19. The number of carbonyl (C=O) groups is 4. The molecule has 0 saturated carbocycles. The fourth-order valence-electron chi connectivity index (χ4n) is 3.58. The fourth-order valence-corrected chi connectivity index (χ4v) is 3.58. The second-order valence-corrected chi connectivity index (χ2v) is 9.30. The van der Waals surface area contributed by atoms with Crippen LogP contribution in [0.5, 0.6) is 0 Å². The minimum Gasteiger partial charge on any atom is -0.379 e. The Morgan fingerprint density at radius 3 is 2.40 bits per heavy atom. The van der Waals surface area contributed by atoms with Gasteiger partial charge in [0.2, 0.25) is 5.91 Å². The Morgan fingerprint density at radius 2 is 1.70 bits per heavy atom. The molecule has 228 valence electrons. The molecule has 0 bridgehead atoms. The third-order valence-corrected chi connectivity index (χ3v) is 5.85. The summed E-state index contributed by atoms with van der Waals surface area (Å²) in [5, 5.41) is 5.78. The highest BCUT2D eigenvalue weighted by Crippen LogP contribution is 2.03. The van der Waals surface area contributed by atoms with E-state index >= 15 is 0 Å². The van der Waals surface area contributed by atoms with Crippen LogP contribution in [0.15, 0.2) is 12.5 Å². The van der Waals surface area contributed by atoms with Gasteiger partial charge in [0.05, 0.1) is 51.4 Å². The molecule has 2 atom stereocenters. The molecule has 0 aliphatic rings. The number of aromatic nitrogens is 2. The van der Waals surface area contributed by atoms with Crippen LogP contribution < -0.4 is 16.4 Å². The molecule has 1 amide bonds. The Morgan fingerprint density at radius 1 is 0.975 bits per heavy atom. The summed E-state index contributed by atoms with van der Waals surface area (Å²) in [7, 11) is 0. The van der Waals surface area contributed by atoms with E-state index in [0.29, 0.717) is 78.1 Å². The van der Waals surface area contributed by atoms with E-state index in [2.05, 4.69) is 20.6 Å². The first-order valence-corrected chi connectivity index (χ1v) is 13.9. The number of H-pyrrole nitrogens is 1. The number of nitrogens with one attached hydrogen (secondary N) is 3. The Bertz CT molecular complexity index is 837. The van der Waals surface area contributed by atoms with Gasteiger partial charge in [0.1, 0.15) is 19.0 Å². The van der Waals surface area contributed by atoms with E-state index in [1.54, 1.807) is 6.20 Å². The van der Waals surface area contributed by atoms with Crippen molar-refractivity contribution in [1.29, 1.82) is 0 Å². The van der Waals surface area contributed by atoms with Crippen LogP contribution in [0.4, 0.5) is 0 Å². The number of ketones is 3. The maximum absolute atomic E-state index is 12.3. The summed E-state index contributed by atoms with van der Waals surface area (Å²) in [4.78, 5) is 54.6. The van der Waals surface area contributed by atoms with Crippen LogP contribution in [0.1, 0.15) is 51.6 Å². The number of Topliss-reactive ketones (excluding diaryl/α,β-unsaturated/α-hetero) is 3. The van der Waals surface area contributed by atoms with Gasteiger partial charge in [-0.3, -0.25) is 19.2 Å². The Labute approximate surface area is 236 Å². The van der Waals surface area contributed by atoms with Gasteiger partial charge in [-0.25, -0.2) is 4.98 Å². The lowest BCUT2D eigenvalue weighted by molar-refractivity contribution is -0.127. The van der Waals surface area contributed by atoms with Gasteiger partial charge in [0, 0.05) is 44.5 Å². The molecule has 0 unspecified atom stereocenters. The average Bonchev–Trinajstić information content (AvgIpc) is 3.44. The number of unbranched alkanes of at least 4 members (excludes halogenated alkanes) is 1. The molecule has 0 radical (unpaired) electrons. The lowest BCUT2D eigenvalue weighted by Gasteiger charge is -2.17. The van der Waals surface area contributed by atoms with E-state index in [0.717, 1.165) is 5.69 Å². The fraction of sp³-hybridized carbons (Fsp3) is 0.741. The number of ether oxygens (including phenoxy) is 4. The van der Waals surface area contributed by atoms with Crippen molar-refractivity contribution >= 4 is 23.3 Å². The molecule has 1 heterocycles. The maximum Gasteiger partial charge on any atom is 0.245 e. The van der Waals surface area contributed by atoms with Crippen molar-refractivity contribution in [3.05, 3.63) is 18.2 Å². The zero-order chi connectivity index (χ0) is 29.4. The molecule has 13 nitrogen and oxygen atoms in total. The van der Waals surface area contributed by atoms with E-state index in [4.69, 9.17) is 24.7 Å². The van der Waals surface area contributed by atoms with Crippen LogP contribution in [0.25, 0.3) is 0 Å². The summed E-state index contributed by atoms with van der Waals surface area (Å²) in [5.41, 5.74) is 6.72. The predicted molar refractivity (Wildman–Crippen MR) is 148 cm³/mol. The zero-order valence-electron chi connectivity index (χ0n) is 23.9. The van der Waals surface area contributed by atoms with Gasteiger partial charge in [-0.05, 0) is 39.5 Å². The SMILES string of the molecule is CCOCCOCC(=O)CCCOCCOCC(=O)NCCCC[C@H](NCC(=O)[C@@H](N)Cc1cnc[nH]1)C(C)=O. The maximum atomic E-state index is 12.3. The number of hydrogen-bond acceptors (Lipinski definition) is 11. The lowest BCUT2D eigenvalue weighted by Crippen LogP contribution is -2.44. The summed E-state index contributed by atoms with van der Waals surface area (Å²) in [6.45, 7) is 6.44. The monoisotopic (exact) mass is 569 g/mol. The minimum absolute atomic E-state index is 0.0137. The van der Waals surface area contributed by atoms with Gasteiger partial charge in [0.25, 0.3) is 0 Å². The molecule has 0 aliphatic carbocycles. The second kappa shape index (κ2) is 23.2. The molecule has 1 rings (SSSR count). The highest BCUT2D eigenvalue weighted by molar-refractivity contribution is 5.87. The molecule has 40 heavy (non-hydrogen) atoms. The van der Waals surface area contributed by atoms with Crippen molar-refractivity contribution in [2.75, 3.05) is 65.9 Å². The smallest absolute Gasteiger partial charge is 0.245 e. The molecular formula is C27H47N5O8. The number of nitrogens with zero attached hydrogens (tertiary/aromatic N) is 1. The summed E-state index contributed by atoms with van der Waals surface area (Å²) in [6.07, 6.45) is 6.43. The number of carbonyl (C=O) groups excluding carboxylic acids is 4. The molecule has 1 aromatic heterocycles. The van der Waals surface area contributed by atoms with Crippen LogP contribution in [-0.4, -0.2) is 111 Å². The molecule has 0 saturated heterocycles. The largest absolute Gasteiger partial charge is 0.379 e. The number of aromatic amines is 1. The second-order valence-electron chi connectivity index (χ2n) is 9.30. The molecule has 0 aromatic carbocycles. The van der Waals surface area contributed by atoms with Gasteiger partial charge < -0.3 is 40.3 Å². The van der Waals surface area contributed by atoms with Crippen molar-refractivity contribution in [2.45, 2.75) is 64.5 Å². The molecule has 13 heteroatoms. The molecular weight excluding hydrogens is 522 g/mol. The van der Waals surface area contributed by atoms with Crippen LogP contribution in [0, 0.1) is 0 Å². The third-order valence-electron chi connectivity index (χ3n) is 5.85. The molecule has 0 fully saturated rings. The van der Waals surface area contributed by atoms with E-state index in [-0.39, 0.29) is 49.6 Å². The highest BCUT2D eigenvalue weighted by atomic mass is 16.5. The molecule has 5 N–H and O–H groups in total. The number of hydrogen-bond donors (Lipinski definition) is 4. The summed E-state index contributed by atoms with van der Waals surface area (Å²) in [5.74, 6) is -0.432. The summed E-state index contributed by atoms with van der Waals surface area (Å²) < 4.78 is 21.1. The van der Waals surface area contributed by atoms with Crippen molar-refractivity contribution in [3.63, 3.8) is 0 Å². The van der Waals surface area contributed by atoms with Gasteiger partial charge in [-0.2, -0.15) is 0 Å². The minimum atomic E-state index is -0.679. The first-order chi connectivity index (χ1) is 19.3. The number of rotatable bonds is 27. The van der Waals surface area contributed by atoms with Gasteiger partial charge in [0.15, 0.2) is 11.6 Å². The zero-order valence-corrected chi connectivity index (χ0v) is 23.9. The summed E-state index contributed by atoms with van der Waals surface area (Å²) >= 11 is 0. The molecule has 0 spiro atoms. The van der Waals surface area contributed by atoms with Crippen LogP contribution in [0.3, 0.4) is 0 Å². The Hall–Kier alpha value is -2.55. The van der Waals surface area contributed by atoms with Gasteiger partial charge in [-0.15, -0.1) is 0 Å². The summed E-state index contributed by atoms with van der Waals surface area (Å²) in [6, 6.07) is -1.12. The van der Waals surface area contributed by atoms with Crippen molar-refractivity contribution in [2.24, 2.45) is 5.73 Å². The van der Waals surface area contributed by atoms with E-state index in [1.807, 2.05) is 6.92 Å². The normalized spacial score (nSPS) is 12.7. The number of amides is 1. The number of imidazole rings is 1. The van der Waals surface area contributed by atoms with Crippen LogP contribution in [-0.2, 0) is 44.5 Å².